The van der Waals surface area contributed by atoms with E-state index in [1.165, 1.54) is 5.01 Å². The average molecular weight is 388 g/mol. The summed E-state index contributed by atoms with van der Waals surface area (Å²) in [6.45, 7) is 0. The number of carbonyl (C=O) groups is 2. The molecule has 3 aromatic rings. The van der Waals surface area contributed by atoms with E-state index in [2.05, 4.69) is 10.4 Å². The number of primary amides is 1. The van der Waals surface area contributed by atoms with Gasteiger partial charge in [0.15, 0.2) is 0 Å². The summed E-state index contributed by atoms with van der Waals surface area (Å²) in [5, 5.41) is 8.86. The number of benzene rings is 2. The molecule has 0 fully saturated rings. The van der Waals surface area contributed by atoms with Gasteiger partial charge in [-0.2, -0.15) is 5.10 Å². The van der Waals surface area contributed by atoms with Crippen molar-refractivity contribution < 1.29 is 14.0 Å². The monoisotopic (exact) mass is 388 g/mol. The maximum atomic E-state index is 13.0. The summed E-state index contributed by atoms with van der Waals surface area (Å²) in [6.07, 6.45) is 1.69. The van der Waals surface area contributed by atoms with Crippen LogP contribution in [0.4, 0.5) is 5.69 Å². The van der Waals surface area contributed by atoms with Crippen LogP contribution < -0.4 is 16.1 Å². The average Bonchev–Trinajstić information content (AvgIpc) is 3.43. The van der Waals surface area contributed by atoms with Crippen LogP contribution in [-0.2, 0) is 9.59 Å². The van der Waals surface area contributed by atoms with Crippen LogP contribution in [-0.4, -0.2) is 23.6 Å². The molecular weight excluding hydrogens is 368 g/mol. The van der Waals surface area contributed by atoms with Gasteiger partial charge in [0.25, 0.3) is 5.91 Å². The smallest absolute Gasteiger partial charge is 0.268 e. The van der Waals surface area contributed by atoms with Crippen LogP contribution in [0.25, 0.3) is 0 Å². The van der Waals surface area contributed by atoms with Crippen LogP contribution in [0.5, 0.6) is 0 Å². The molecular formula is C22H20N4O3. The summed E-state index contributed by atoms with van der Waals surface area (Å²) >= 11 is 0. The second kappa shape index (κ2) is 8.02. The lowest BCUT2D eigenvalue weighted by atomic mass is 10.0. The molecule has 2 amide bonds. The molecule has 2 heterocycles. The minimum Gasteiger partial charge on any atom is -0.467 e. The van der Waals surface area contributed by atoms with Gasteiger partial charge in [-0.25, -0.2) is 0 Å². The molecule has 0 spiro atoms. The fourth-order valence-corrected chi connectivity index (χ4v) is 3.32. The molecule has 0 radical (unpaired) electrons. The van der Waals surface area contributed by atoms with Crippen molar-refractivity contribution in [3.05, 3.63) is 90.4 Å². The molecule has 4 rings (SSSR count). The topological polar surface area (TPSA) is 101 Å². The second-order valence-corrected chi connectivity index (χ2v) is 6.68. The van der Waals surface area contributed by atoms with Gasteiger partial charge in [-0.05, 0) is 29.8 Å². The molecule has 3 N–H and O–H groups in total. The number of hydrogen-bond donors (Lipinski definition) is 2. The van der Waals surface area contributed by atoms with Gasteiger partial charge in [0.2, 0.25) is 5.91 Å². The minimum absolute atomic E-state index is 0.135. The lowest BCUT2D eigenvalue weighted by Gasteiger charge is -2.20. The summed E-state index contributed by atoms with van der Waals surface area (Å²) in [6, 6.07) is 21.1. The number of anilines is 1. The van der Waals surface area contributed by atoms with Gasteiger partial charge < -0.3 is 15.5 Å². The highest BCUT2D eigenvalue weighted by Gasteiger charge is 2.35. The Labute approximate surface area is 167 Å². The number of amides is 2. The van der Waals surface area contributed by atoms with Gasteiger partial charge in [-0.15, -0.1) is 0 Å². The van der Waals surface area contributed by atoms with Crippen LogP contribution in [0, 0.1) is 0 Å². The van der Waals surface area contributed by atoms with Gasteiger partial charge >= 0.3 is 0 Å². The van der Waals surface area contributed by atoms with Crippen molar-refractivity contribution in [1.29, 1.82) is 0 Å². The molecule has 7 heteroatoms. The number of carbonyl (C=O) groups excluding carboxylic acids is 2. The standard InChI is InChI=1S/C22H20N4O3/c23-21(27)18-14-17(25-26(18)16-10-5-2-6-11-16)22(28)24-20(19-12-7-13-29-19)15-8-3-1-4-9-15/h1-13,18,20H,14H2,(H2,23,27)(H,24,28). The van der Waals surface area contributed by atoms with Crippen LogP contribution >= 0.6 is 0 Å². The van der Waals surface area contributed by atoms with Crippen molar-refractivity contribution in [2.24, 2.45) is 10.8 Å². The van der Waals surface area contributed by atoms with Crippen molar-refractivity contribution >= 4 is 23.2 Å². The molecule has 0 saturated carbocycles. The molecule has 0 aliphatic carbocycles. The van der Waals surface area contributed by atoms with Gasteiger partial charge in [-0.3, -0.25) is 14.6 Å². The Balaban J connectivity index is 1.60. The van der Waals surface area contributed by atoms with E-state index in [9.17, 15) is 9.59 Å². The Morgan fingerprint density at radius 3 is 2.34 bits per heavy atom. The lowest BCUT2D eigenvalue weighted by molar-refractivity contribution is -0.119. The number of nitrogens with one attached hydrogen (secondary N) is 1. The molecule has 1 aromatic heterocycles. The predicted molar refractivity (Wildman–Crippen MR) is 109 cm³/mol. The molecule has 7 nitrogen and oxygen atoms in total. The van der Waals surface area contributed by atoms with Gasteiger partial charge in [0, 0.05) is 6.42 Å². The summed E-state index contributed by atoms with van der Waals surface area (Å²) in [7, 11) is 0. The molecule has 1 aliphatic heterocycles. The third kappa shape index (κ3) is 3.89. The highest BCUT2D eigenvalue weighted by molar-refractivity contribution is 6.40. The number of hydrazone groups is 1. The van der Waals surface area contributed by atoms with Crippen molar-refractivity contribution in [3.8, 4) is 0 Å². The number of para-hydroxylation sites is 1. The first-order valence-electron chi connectivity index (χ1n) is 9.24. The summed E-state index contributed by atoms with van der Waals surface area (Å²) in [5.74, 6) is -0.305. The minimum atomic E-state index is -0.711. The Hall–Kier alpha value is -3.87. The SMILES string of the molecule is NC(=O)C1CC(C(=O)NC(c2ccccc2)c2ccco2)=NN1c1ccccc1. The molecule has 0 bridgehead atoms. The van der Waals surface area contributed by atoms with E-state index in [0.717, 1.165) is 5.56 Å². The Kier molecular flexibility index (Phi) is 5.11. The Morgan fingerprint density at radius 1 is 1.03 bits per heavy atom. The Bertz CT molecular complexity index is 1020. The molecule has 2 aromatic carbocycles. The van der Waals surface area contributed by atoms with E-state index in [-0.39, 0.29) is 18.0 Å². The van der Waals surface area contributed by atoms with E-state index in [1.54, 1.807) is 18.4 Å². The van der Waals surface area contributed by atoms with Crippen molar-refractivity contribution in [2.45, 2.75) is 18.5 Å². The molecule has 2 atom stereocenters. The lowest BCUT2D eigenvalue weighted by Crippen LogP contribution is -2.40. The van der Waals surface area contributed by atoms with E-state index in [0.29, 0.717) is 11.4 Å². The third-order valence-corrected chi connectivity index (χ3v) is 4.76. The van der Waals surface area contributed by atoms with Gasteiger partial charge in [0.05, 0.1) is 12.0 Å². The van der Waals surface area contributed by atoms with Gasteiger partial charge in [0.1, 0.15) is 23.6 Å². The fraction of sp³-hybridized carbons (Fsp3) is 0.136. The first-order valence-corrected chi connectivity index (χ1v) is 9.24. The zero-order valence-electron chi connectivity index (χ0n) is 15.6. The number of hydrogen-bond acceptors (Lipinski definition) is 5. The number of rotatable bonds is 6. The fourth-order valence-electron chi connectivity index (χ4n) is 3.32. The zero-order valence-corrected chi connectivity index (χ0v) is 15.6. The van der Waals surface area contributed by atoms with Crippen LogP contribution in [0.2, 0.25) is 0 Å². The zero-order chi connectivity index (χ0) is 20.2. The molecule has 146 valence electrons. The molecule has 0 saturated heterocycles. The van der Waals surface area contributed by atoms with Crippen molar-refractivity contribution in [1.82, 2.24) is 5.32 Å². The van der Waals surface area contributed by atoms with Crippen LogP contribution in [0.1, 0.15) is 23.8 Å². The first kappa shape index (κ1) is 18.5. The molecule has 1 aliphatic rings. The van der Waals surface area contributed by atoms with E-state index < -0.39 is 18.0 Å². The largest absolute Gasteiger partial charge is 0.467 e. The van der Waals surface area contributed by atoms with Gasteiger partial charge in [-0.1, -0.05) is 48.5 Å². The summed E-state index contributed by atoms with van der Waals surface area (Å²) in [4.78, 5) is 25.0. The van der Waals surface area contributed by atoms with E-state index in [1.807, 2.05) is 60.7 Å². The molecule has 29 heavy (non-hydrogen) atoms. The maximum absolute atomic E-state index is 13.0. The van der Waals surface area contributed by atoms with Crippen molar-refractivity contribution in [2.75, 3.05) is 5.01 Å². The normalized spacial score (nSPS) is 16.9. The van der Waals surface area contributed by atoms with E-state index >= 15 is 0 Å². The number of nitrogens with two attached hydrogens (primary N) is 1. The van der Waals surface area contributed by atoms with E-state index in [4.69, 9.17) is 10.2 Å². The Morgan fingerprint density at radius 2 is 1.72 bits per heavy atom. The van der Waals surface area contributed by atoms with Crippen LogP contribution in [0.15, 0.2) is 88.6 Å². The predicted octanol–water partition coefficient (Wildman–Crippen LogP) is 2.61. The number of furan rings is 1. The maximum Gasteiger partial charge on any atom is 0.268 e. The highest BCUT2D eigenvalue weighted by atomic mass is 16.3. The molecule has 2 unspecified atom stereocenters. The summed E-state index contributed by atoms with van der Waals surface area (Å²) < 4.78 is 5.52. The first-order chi connectivity index (χ1) is 14.1. The van der Waals surface area contributed by atoms with Crippen molar-refractivity contribution in [3.63, 3.8) is 0 Å². The number of nitrogens with zero attached hydrogens (tertiary/aromatic N) is 2. The quantitative estimate of drug-likeness (QED) is 0.678. The highest BCUT2D eigenvalue weighted by Crippen LogP contribution is 2.26. The third-order valence-electron chi connectivity index (χ3n) is 4.76. The summed E-state index contributed by atoms with van der Waals surface area (Å²) in [5.41, 5.74) is 7.37. The second-order valence-electron chi connectivity index (χ2n) is 6.68. The van der Waals surface area contributed by atoms with Crippen LogP contribution in [0.3, 0.4) is 0 Å².